The number of nitrogens with one attached hydrogen (secondary N) is 1. The van der Waals surface area contributed by atoms with Crippen molar-refractivity contribution in [1.82, 2.24) is 4.90 Å². The Balaban J connectivity index is 1.80. The van der Waals surface area contributed by atoms with Gasteiger partial charge in [0.2, 0.25) is 11.6 Å². The Morgan fingerprint density at radius 1 is 1.13 bits per heavy atom. The molecule has 0 radical (unpaired) electrons. The summed E-state index contributed by atoms with van der Waals surface area (Å²) in [5.41, 5.74) is -0.372. The van der Waals surface area contributed by atoms with Gasteiger partial charge >= 0.3 is 0 Å². The maximum Gasteiger partial charge on any atom is 0.271 e. The van der Waals surface area contributed by atoms with E-state index in [0.29, 0.717) is 28.4 Å². The molecule has 30 heavy (non-hydrogen) atoms. The van der Waals surface area contributed by atoms with Gasteiger partial charge in [0.05, 0.1) is 36.2 Å². The molecule has 1 unspecified atom stereocenters. The SMILES string of the molecule is COc1cc(OC)c(NC(=O)C23CCC(=O)N2c2ccccc2C(=O)N3C)cc1Cl. The lowest BCUT2D eigenvalue weighted by molar-refractivity contribution is -0.128. The average Bonchev–Trinajstić information content (AvgIpc) is 3.11. The molecular weight excluding hydrogens is 410 g/mol. The second-order valence-corrected chi connectivity index (χ2v) is 7.48. The monoisotopic (exact) mass is 429 g/mol. The van der Waals surface area contributed by atoms with Gasteiger partial charge in [-0.3, -0.25) is 19.3 Å². The summed E-state index contributed by atoms with van der Waals surface area (Å²) in [5, 5.41) is 3.08. The quantitative estimate of drug-likeness (QED) is 0.807. The van der Waals surface area contributed by atoms with Crippen molar-refractivity contribution in [3.05, 3.63) is 47.0 Å². The highest BCUT2D eigenvalue weighted by Gasteiger charge is 2.59. The number of carbonyl (C=O) groups excluding carboxylic acids is 3. The first kappa shape index (κ1) is 20.0. The number of para-hydroxylation sites is 1. The van der Waals surface area contributed by atoms with Gasteiger partial charge in [-0.05, 0) is 18.2 Å². The third kappa shape index (κ3) is 2.71. The van der Waals surface area contributed by atoms with Crippen LogP contribution in [0, 0.1) is 0 Å². The van der Waals surface area contributed by atoms with Gasteiger partial charge in [0.15, 0.2) is 0 Å². The molecule has 2 aromatic rings. The van der Waals surface area contributed by atoms with Crippen molar-refractivity contribution in [2.45, 2.75) is 18.5 Å². The minimum Gasteiger partial charge on any atom is -0.495 e. The maximum atomic E-state index is 13.6. The number of fused-ring (bicyclic) bond motifs is 3. The number of nitrogens with zero attached hydrogens (tertiary/aromatic N) is 2. The summed E-state index contributed by atoms with van der Waals surface area (Å²) in [6.45, 7) is 0. The molecule has 3 amide bonds. The average molecular weight is 430 g/mol. The zero-order valence-electron chi connectivity index (χ0n) is 16.7. The van der Waals surface area contributed by atoms with E-state index in [1.807, 2.05) is 0 Å². The van der Waals surface area contributed by atoms with Crippen LogP contribution in [0.2, 0.25) is 5.02 Å². The van der Waals surface area contributed by atoms with E-state index in [0.717, 1.165) is 0 Å². The Kier molecular flexibility index (Phi) is 4.82. The summed E-state index contributed by atoms with van der Waals surface area (Å²) in [6, 6.07) is 9.84. The second kappa shape index (κ2) is 7.21. The van der Waals surface area contributed by atoms with Crippen molar-refractivity contribution >= 4 is 40.7 Å². The first-order valence-corrected chi connectivity index (χ1v) is 9.66. The standard InChI is InChI=1S/C21H20ClN3O5/c1-24-19(27)12-6-4-5-7-15(12)25-18(26)8-9-21(24,25)20(28)23-14-10-13(22)16(29-2)11-17(14)30-3/h4-7,10-11H,8-9H2,1-3H3,(H,23,28). The zero-order valence-corrected chi connectivity index (χ0v) is 17.4. The van der Waals surface area contributed by atoms with Crippen LogP contribution in [0.3, 0.4) is 0 Å². The lowest BCUT2D eigenvalue weighted by Gasteiger charge is -2.47. The molecule has 2 aliphatic rings. The fourth-order valence-electron chi connectivity index (χ4n) is 4.11. The Morgan fingerprint density at radius 3 is 2.53 bits per heavy atom. The maximum absolute atomic E-state index is 13.6. The lowest BCUT2D eigenvalue weighted by atomic mass is 9.96. The van der Waals surface area contributed by atoms with Crippen molar-refractivity contribution in [3.8, 4) is 11.5 Å². The van der Waals surface area contributed by atoms with Crippen LogP contribution in [0.1, 0.15) is 23.2 Å². The Bertz CT molecular complexity index is 1070. The molecule has 8 nitrogen and oxygen atoms in total. The molecule has 0 saturated carbocycles. The second-order valence-electron chi connectivity index (χ2n) is 7.07. The van der Waals surface area contributed by atoms with E-state index in [1.165, 1.54) is 37.1 Å². The number of amides is 3. The fraction of sp³-hybridized carbons (Fsp3) is 0.286. The normalized spacial score (nSPS) is 20.0. The molecule has 4 rings (SSSR count). The van der Waals surface area contributed by atoms with Crippen molar-refractivity contribution in [3.63, 3.8) is 0 Å². The third-order valence-electron chi connectivity index (χ3n) is 5.63. The van der Waals surface area contributed by atoms with Crippen LogP contribution >= 0.6 is 11.6 Å². The number of rotatable bonds is 4. The highest BCUT2D eigenvalue weighted by atomic mass is 35.5. The molecule has 0 aliphatic carbocycles. The minimum atomic E-state index is -1.49. The van der Waals surface area contributed by atoms with Gasteiger partial charge in [-0.25, -0.2) is 0 Å². The molecule has 1 N–H and O–H groups in total. The number of hydrogen-bond acceptors (Lipinski definition) is 5. The number of carbonyl (C=O) groups is 3. The first-order chi connectivity index (χ1) is 14.3. The van der Waals surface area contributed by atoms with Gasteiger partial charge in [-0.2, -0.15) is 0 Å². The van der Waals surface area contributed by atoms with Crippen molar-refractivity contribution < 1.29 is 23.9 Å². The topological polar surface area (TPSA) is 88.2 Å². The summed E-state index contributed by atoms with van der Waals surface area (Å²) < 4.78 is 10.5. The molecule has 0 aromatic heterocycles. The molecule has 1 saturated heterocycles. The van der Waals surface area contributed by atoms with Gasteiger partial charge in [0.25, 0.3) is 11.8 Å². The molecule has 0 spiro atoms. The molecular formula is C21H20ClN3O5. The van der Waals surface area contributed by atoms with E-state index in [9.17, 15) is 14.4 Å². The van der Waals surface area contributed by atoms with Crippen LogP contribution in [-0.4, -0.2) is 49.6 Å². The summed E-state index contributed by atoms with van der Waals surface area (Å²) in [6.07, 6.45) is 0.306. The summed E-state index contributed by atoms with van der Waals surface area (Å²) in [5.74, 6) is -0.357. The van der Waals surface area contributed by atoms with Crippen molar-refractivity contribution in [1.29, 1.82) is 0 Å². The number of methoxy groups -OCH3 is 2. The summed E-state index contributed by atoms with van der Waals surface area (Å²) >= 11 is 6.22. The van der Waals surface area contributed by atoms with Gasteiger partial charge < -0.3 is 19.7 Å². The molecule has 2 aromatic carbocycles. The fourth-order valence-corrected chi connectivity index (χ4v) is 4.35. The van der Waals surface area contributed by atoms with Crippen molar-refractivity contribution in [2.75, 3.05) is 31.5 Å². The number of hydrogen-bond donors (Lipinski definition) is 1. The Hall–Kier alpha value is -3.26. The number of ether oxygens (including phenoxy) is 2. The van der Waals surface area contributed by atoms with Crippen LogP contribution in [0.5, 0.6) is 11.5 Å². The molecule has 2 aliphatic heterocycles. The van der Waals surface area contributed by atoms with E-state index >= 15 is 0 Å². The smallest absolute Gasteiger partial charge is 0.271 e. The van der Waals surface area contributed by atoms with Crippen LogP contribution in [0.4, 0.5) is 11.4 Å². The van der Waals surface area contributed by atoms with Crippen LogP contribution < -0.4 is 19.7 Å². The predicted molar refractivity (Wildman–Crippen MR) is 111 cm³/mol. The minimum absolute atomic E-state index is 0.139. The largest absolute Gasteiger partial charge is 0.495 e. The number of benzene rings is 2. The number of halogens is 1. The van der Waals surface area contributed by atoms with Gasteiger partial charge in [0.1, 0.15) is 11.5 Å². The van der Waals surface area contributed by atoms with Gasteiger partial charge in [-0.15, -0.1) is 0 Å². The first-order valence-electron chi connectivity index (χ1n) is 9.28. The summed E-state index contributed by atoms with van der Waals surface area (Å²) in [4.78, 5) is 42.2. The molecule has 1 atom stereocenters. The van der Waals surface area contributed by atoms with E-state index in [-0.39, 0.29) is 29.7 Å². The Labute approximate surface area is 178 Å². The van der Waals surface area contributed by atoms with Crippen LogP contribution in [0.25, 0.3) is 0 Å². The summed E-state index contributed by atoms with van der Waals surface area (Å²) in [7, 11) is 4.45. The van der Waals surface area contributed by atoms with Gasteiger partial charge in [0, 0.05) is 26.0 Å². The van der Waals surface area contributed by atoms with E-state index < -0.39 is 11.6 Å². The molecule has 2 heterocycles. The predicted octanol–water partition coefficient (Wildman–Crippen LogP) is 2.90. The Morgan fingerprint density at radius 2 is 1.83 bits per heavy atom. The number of anilines is 2. The molecule has 0 bridgehead atoms. The highest BCUT2D eigenvalue weighted by molar-refractivity contribution is 6.32. The van der Waals surface area contributed by atoms with Crippen LogP contribution in [-0.2, 0) is 9.59 Å². The van der Waals surface area contributed by atoms with E-state index in [1.54, 1.807) is 30.3 Å². The van der Waals surface area contributed by atoms with E-state index in [4.69, 9.17) is 21.1 Å². The number of likely N-dealkylation sites (N-methyl/N-ethyl adjacent to an activating group) is 1. The molecule has 9 heteroatoms. The van der Waals surface area contributed by atoms with Crippen LogP contribution in [0.15, 0.2) is 36.4 Å². The lowest BCUT2D eigenvalue weighted by Crippen LogP contribution is -2.68. The molecule has 1 fully saturated rings. The molecule has 156 valence electrons. The van der Waals surface area contributed by atoms with Crippen molar-refractivity contribution in [2.24, 2.45) is 0 Å². The highest BCUT2D eigenvalue weighted by Crippen LogP contribution is 2.45. The zero-order chi connectivity index (χ0) is 21.6. The van der Waals surface area contributed by atoms with E-state index in [2.05, 4.69) is 5.32 Å². The van der Waals surface area contributed by atoms with Gasteiger partial charge in [-0.1, -0.05) is 23.7 Å². The third-order valence-corrected chi connectivity index (χ3v) is 5.92.